The molecule has 4 rings (SSSR count). The van der Waals surface area contributed by atoms with E-state index in [2.05, 4.69) is 15.9 Å². The first kappa shape index (κ1) is 22.9. The minimum absolute atomic E-state index is 0.0623. The predicted octanol–water partition coefficient (Wildman–Crippen LogP) is 5.75. The van der Waals surface area contributed by atoms with Gasteiger partial charge in [-0.1, -0.05) is 39.7 Å². The first-order chi connectivity index (χ1) is 15.7. The second-order valence-electron chi connectivity index (χ2n) is 7.54. The summed E-state index contributed by atoms with van der Waals surface area (Å²) in [5.74, 6) is -1.45. The maximum absolute atomic E-state index is 13.2. The number of carbonyl (C=O) groups is 2. The third kappa shape index (κ3) is 4.10. The van der Waals surface area contributed by atoms with Crippen LogP contribution in [0.15, 0.2) is 70.7 Å². The summed E-state index contributed by atoms with van der Waals surface area (Å²) < 4.78 is 6.04. The number of Topliss-reactive ketones (excluding diaryl/α,β-unsaturated/α-hetero) is 1. The molecule has 0 bridgehead atoms. The number of rotatable bonds is 4. The van der Waals surface area contributed by atoms with Crippen LogP contribution in [0.5, 0.6) is 11.5 Å². The maximum Gasteiger partial charge on any atom is 0.300 e. The van der Waals surface area contributed by atoms with Crippen LogP contribution in [0.25, 0.3) is 5.76 Å². The molecule has 1 heterocycles. The van der Waals surface area contributed by atoms with E-state index >= 15 is 0 Å². The average molecular weight is 529 g/mol. The molecule has 1 atom stereocenters. The number of methoxy groups -OCH3 is 1. The number of hydrogen-bond acceptors (Lipinski definition) is 5. The van der Waals surface area contributed by atoms with E-state index in [9.17, 15) is 19.8 Å². The number of aromatic hydroxyl groups is 1. The quantitative estimate of drug-likeness (QED) is 0.256. The number of phenolic OH excluding ortho intramolecular Hbond substituents is 1. The molecule has 168 valence electrons. The topological polar surface area (TPSA) is 87.1 Å². The molecule has 6 nitrogen and oxygen atoms in total. The molecule has 1 aliphatic rings. The summed E-state index contributed by atoms with van der Waals surface area (Å²) in [4.78, 5) is 27.7. The van der Waals surface area contributed by atoms with Gasteiger partial charge in [0.25, 0.3) is 11.7 Å². The fourth-order valence-corrected chi connectivity index (χ4v) is 4.23. The molecule has 1 unspecified atom stereocenters. The van der Waals surface area contributed by atoms with E-state index in [1.807, 2.05) is 6.92 Å². The van der Waals surface area contributed by atoms with Crippen molar-refractivity contribution in [2.24, 2.45) is 0 Å². The number of aliphatic hydroxyl groups is 1. The molecule has 2 N–H and O–H groups in total. The summed E-state index contributed by atoms with van der Waals surface area (Å²) >= 11 is 9.57. The van der Waals surface area contributed by atoms with Crippen LogP contribution in [0.1, 0.15) is 22.7 Å². The molecule has 1 aliphatic heterocycles. The van der Waals surface area contributed by atoms with Crippen molar-refractivity contribution in [3.05, 3.63) is 92.4 Å². The number of ketones is 1. The van der Waals surface area contributed by atoms with Gasteiger partial charge >= 0.3 is 0 Å². The number of amides is 1. The lowest BCUT2D eigenvalue weighted by Gasteiger charge is -2.26. The van der Waals surface area contributed by atoms with Crippen LogP contribution in [-0.4, -0.2) is 29.0 Å². The van der Waals surface area contributed by atoms with Crippen molar-refractivity contribution in [1.29, 1.82) is 0 Å². The molecule has 0 aromatic heterocycles. The van der Waals surface area contributed by atoms with Gasteiger partial charge < -0.3 is 14.9 Å². The molecule has 3 aromatic rings. The van der Waals surface area contributed by atoms with Crippen molar-refractivity contribution >= 4 is 50.7 Å². The molecule has 1 fully saturated rings. The zero-order chi connectivity index (χ0) is 23.9. The Morgan fingerprint density at radius 3 is 2.36 bits per heavy atom. The first-order valence-corrected chi connectivity index (χ1v) is 11.1. The van der Waals surface area contributed by atoms with Gasteiger partial charge in [0.15, 0.2) is 0 Å². The summed E-state index contributed by atoms with van der Waals surface area (Å²) in [6.07, 6.45) is 0. The van der Waals surface area contributed by atoms with Crippen LogP contribution in [0.4, 0.5) is 5.69 Å². The number of hydrogen-bond donors (Lipinski definition) is 2. The van der Waals surface area contributed by atoms with Gasteiger partial charge in [0.1, 0.15) is 17.3 Å². The molecule has 3 aromatic carbocycles. The molecule has 1 saturated heterocycles. The summed E-state index contributed by atoms with van der Waals surface area (Å²) in [6.45, 7) is 1.86. The van der Waals surface area contributed by atoms with Crippen LogP contribution in [0.2, 0.25) is 5.02 Å². The Bertz CT molecular complexity index is 1300. The summed E-state index contributed by atoms with van der Waals surface area (Å²) in [5, 5.41) is 21.1. The van der Waals surface area contributed by atoms with E-state index in [1.54, 1.807) is 48.5 Å². The Kier molecular flexibility index (Phi) is 6.19. The van der Waals surface area contributed by atoms with Gasteiger partial charge in [0.2, 0.25) is 0 Å². The van der Waals surface area contributed by atoms with E-state index in [1.165, 1.54) is 24.1 Å². The highest BCUT2D eigenvalue weighted by Crippen LogP contribution is 2.44. The van der Waals surface area contributed by atoms with Crippen LogP contribution in [0.3, 0.4) is 0 Å². The monoisotopic (exact) mass is 527 g/mol. The highest BCUT2D eigenvalue weighted by Gasteiger charge is 2.47. The molecular formula is C25H19BrClNO5. The normalized spacial score (nSPS) is 17.5. The van der Waals surface area contributed by atoms with Crippen molar-refractivity contribution in [2.45, 2.75) is 13.0 Å². The zero-order valence-electron chi connectivity index (χ0n) is 17.7. The van der Waals surface area contributed by atoms with Crippen molar-refractivity contribution in [1.82, 2.24) is 0 Å². The number of nitrogens with zero attached hydrogens (tertiary/aromatic N) is 1. The number of aryl methyl sites for hydroxylation is 1. The molecule has 0 aliphatic carbocycles. The van der Waals surface area contributed by atoms with E-state index in [0.29, 0.717) is 22.6 Å². The lowest BCUT2D eigenvalue weighted by Crippen LogP contribution is -2.29. The van der Waals surface area contributed by atoms with Crippen LogP contribution >= 0.6 is 27.5 Å². The first-order valence-electron chi connectivity index (χ1n) is 9.93. The van der Waals surface area contributed by atoms with Gasteiger partial charge in [-0.15, -0.1) is 0 Å². The molecule has 0 saturated carbocycles. The standard InChI is InChI=1S/C25H19BrClNO5/c1-13-11-15(3-9-18(13)26)23(30)21-22(14-4-10-20(29)19(27)12-14)28(25(32)24(21)31)16-5-7-17(33-2)8-6-16/h3-12,22,29-30H,1-2H3/b23-21-. The van der Waals surface area contributed by atoms with Crippen molar-refractivity contribution < 1.29 is 24.5 Å². The van der Waals surface area contributed by atoms with Gasteiger partial charge in [-0.2, -0.15) is 0 Å². The minimum Gasteiger partial charge on any atom is -0.507 e. The number of carbonyl (C=O) groups excluding carboxylic acids is 2. The van der Waals surface area contributed by atoms with E-state index in [4.69, 9.17) is 16.3 Å². The van der Waals surface area contributed by atoms with Gasteiger partial charge in [-0.25, -0.2) is 0 Å². The molecule has 33 heavy (non-hydrogen) atoms. The zero-order valence-corrected chi connectivity index (χ0v) is 20.0. The summed E-state index contributed by atoms with van der Waals surface area (Å²) in [5.41, 5.74) is 2.09. The Labute approximate surface area is 203 Å². The number of halogens is 2. The Hall–Kier alpha value is -3.29. The predicted molar refractivity (Wildman–Crippen MR) is 130 cm³/mol. The lowest BCUT2D eigenvalue weighted by molar-refractivity contribution is -0.132. The highest BCUT2D eigenvalue weighted by atomic mass is 79.9. The fourth-order valence-electron chi connectivity index (χ4n) is 3.80. The van der Waals surface area contributed by atoms with Crippen molar-refractivity contribution in [3.63, 3.8) is 0 Å². The number of anilines is 1. The van der Waals surface area contributed by atoms with Crippen molar-refractivity contribution in [3.8, 4) is 11.5 Å². The Balaban J connectivity index is 1.95. The summed E-state index contributed by atoms with van der Waals surface area (Å²) in [7, 11) is 1.53. The van der Waals surface area contributed by atoms with Gasteiger partial charge in [-0.05, 0) is 66.6 Å². The second kappa shape index (κ2) is 8.92. The molecular weight excluding hydrogens is 510 g/mol. The van der Waals surface area contributed by atoms with Gasteiger partial charge in [-0.3, -0.25) is 14.5 Å². The molecule has 8 heteroatoms. The molecule has 0 spiro atoms. The average Bonchev–Trinajstić information content (AvgIpc) is 3.07. The van der Waals surface area contributed by atoms with Crippen LogP contribution < -0.4 is 9.64 Å². The number of aliphatic hydroxyl groups excluding tert-OH is 1. The second-order valence-corrected chi connectivity index (χ2v) is 8.80. The SMILES string of the molecule is COc1ccc(N2C(=O)C(=O)/C(=C(\O)c3ccc(Br)c(C)c3)C2c2ccc(O)c(Cl)c2)cc1. The van der Waals surface area contributed by atoms with Gasteiger partial charge in [0, 0.05) is 15.7 Å². The van der Waals surface area contributed by atoms with Crippen molar-refractivity contribution in [2.75, 3.05) is 12.0 Å². The number of ether oxygens (including phenoxy) is 1. The molecule has 0 radical (unpaired) electrons. The molecule has 1 amide bonds. The van der Waals surface area contributed by atoms with E-state index < -0.39 is 17.7 Å². The minimum atomic E-state index is -0.958. The lowest BCUT2D eigenvalue weighted by atomic mass is 9.94. The smallest absolute Gasteiger partial charge is 0.300 e. The third-order valence-electron chi connectivity index (χ3n) is 5.51. The van der Waals surface area contributed by atoms with Crippen LogP contribution in [0, 0.1) is 6.92 Å². The van der Waals surface area contributed by atoms with Crippen LogP contribution in [-0.2, 0) is 9.59 Å². The third-order valence-corrected chi connectivity index (χ3v) is 6.71. The van der Waals surface area contributed by atoms with E-state index in [0.717, 1.165) is 10.0 Å². The largest absolute Gasteiger partial charge is 0.507 e. The summed E-state index contributed by atoms with van der Waals surface area (Å²) in [6, 6.07) is 15.3. The fraction of sp³-hybridized carbons (Fsp3) is 0.120. The Morgan fingerprint density at radius 2 is 1.76 bits per heavy atom. The Morgan fingerprint density at radius 1 is 1.06 bits per heavy atom. The number of phenols is 1. The maximum atomic E-state index is 13.2. The highest BCUT2D eigenvalue weighted by molar-refractivity contribution is 9.10. The van der Waals surface area contributed by atoms with E-state index in [-0.39, 0.29) is 22.1 Å². The number of benzene rings is 3. The van der Waals surface area contributed by atoms with Gasteiger partial charge in [0.05, 0.1) is 23.7 Å².